The largest absolute Gasteiger partial charge is 0.446 e. The Bertz CT molecular complexity index is 949. The number of amides is 3. The first-order valence-corrected chi connectivity index (χ1v) is 9.62. The lowest BCUT2D eigenvalue weighted by atomic mass is 10.1. The molecular formula is C22H20N2O6. The molecule has 0 radical (unpaired) electrons. The zero-order chi connectivity index (χ0) is 21.1. The molecule has 30 heavy (non-hydrogen) atoms. The zero-order valence-corrected chi connectivity index (χ0v) is 16.2. The van der Waals surface area contributed by atoms with Gasteiger partial charge in [0.15, 0.2) is 0 Å². The first kappa shape index (κ1) is 19.8. The number of carbonyl (C=O) groups is 4. The predicted molar refractivity (Wildman–Crippen MR) is 104 cm³/mol. The van der Waals surface area contributed by atoms with Crippen LogP contribution >= 0.6 is 0 Å². The van der Waals surface area contributed by atoms with Crippen LogP contribution in [0.5, 0.6) is 0 Å². The van der Waals surface area contributed by atoms with Crippen LogP contribution in [0.2, 0.25) is 0 Å². The van der Waals surface area contributed by atoms with Gasteiger partial charge in [-0.1, -0.05) is 42.5 Å². The zero-order valence-electron chi connectivity index (χ0n) is 16.2. The Kier molecular flexibility index (Phi) is 5.58. The van der Waals surface area contributed by atoms with E-state index in [2.05, 4.69) is 0 Å². The van der Waals surface area contributed by atoms with Gasteiger partial charge in [0.1, 0.15) is 6.54 Å². The van der Waals surface area contributed by atoms with Crippen molar-refractivity contribution in [3.63, 3.8) is 0 Å². The summed E-state index contributed by atoms with van der Waals surface area (Å²) in [5, 5.41) is 0. The molecule has 154 valence electrons. The maximum atomic E-state index is 13.0. The molecule has 4 rings (SSSR count). The first-order valence-electron chi connectivity index (χ1n) is 9.62. The maximum Gasteiger partial charge on any atom is 0.327 e. The van der Waals surface area contributed by atoms with Crippen LogP contribution in [-0.4, -0.2) is 66.3 Å². The van der Waals surface area contributed by atoms with E-state index in [9.17, 15) is 19.2 Å². The summed E-state index contributed by atoms with van der Waals surface area (Å²) >= 11 is 0. The summed E-state index contributed by atoms with van der Waals surface area (Å²) in [7, 11) is 0. The number of esters is 1. The molecule has 2 heterocycles. The van der Waals surface area contributed by atoms with E-state index >= 15 is 0 Å². The minimum absolute atomic E-state index is 0.249. The summed E-state index contributed by atoms with van der Waals surface area (Å²) in [6.07, 6.45) is -1.16. The van der Waals surface area contributed by atoms with E-state index in [0.29, 0.717) is 31.9 Å². The number of hydrogen-bond acceptors (Lipinski definition) is 6. The van der Waals surface area contributed by atoms with Gasteiger partial charge in [0.25, 0.3) is 17.7 Å². The van der Waals surface area contributed by atoms with E-state index in [1.165, 1.54) is 12.1 Å². The predicted octanol–water partition coefficient (Wildman–Crippen LogP) is 1.43. The molecule has 0 N–H and O–H groups in total. The standard InChI is InChI=1S/C22H20N2O6/c25-18(14-24-20(26)16-8-4-5-9-17(16)21(24)27)30-19(15-6-2-1-3-7-15)22(28)23-10-12-29-13-11-23/h1-9,19H,10-14H2/t19-/m0/s1. The number of hydrogen-bond donors (Lipinski definition) is 0. The van der Waals surface area contributed by atoms with Crippen molar-refractivity contribution in [3.8, 4) is 0 Å². The minimum Gasteiger partial charge on any atom is -0.446 e. The average molecular weight is 408 g/mol. The van der Waals surface area contributed by atoms with Crippen molar-refractivity contribution < 1.29 is 28.7 Å². The molecule has 2 aromatic carbocycles. The van der Waals surface area contributed by atoms with Crippen LogP contribution < -0.4 is 0 Å². The van der Waals surface area contributed by atoms with Crippen LogP contribution in [0.4, 0.5) is 0 Å². The van der Waals surface area contributed by atoms with Gasteiger partial charge in [0, 0.05) is 18.7 Å². The second kappa shape index (κ2) is 8.46. The van der Waals surface area contributed by atoms with Crippen molar-refractivity contribution in [2.75, 3.05) is 32.8 Å². The number of nitrogens with zero attached hydrogens (tertiary/aromatic N) is 2. The van der Waals surface area contributed by atoms with Crippen LogP contribution in [0.25, 0.3) is 0 Å². The monoisotopic (exact) mass is 408 g/mol. The van der Waals surface area contributed by atoms with Crippen molar-refractivity contribution in [2.24, 2.45) is 0 Å². The van der Waals surface area contributed by atoms with Crippen molar-refractivity contribution in [1.82, 2.24) is 9.80 Å². The SMILES string of the molecule is O=C(CN1C(=O)c2ccccc2C1=O)O[C@H](C(=O)N1CCOCC1)c1ccccc1. The molecule has 8 nitrogen and oxygen atoms in total. The highest BCUT2D eigenvalue weighted by atomic mass is 16.5. The van der Waals surface area contributed by atoms with E-state index in [0.717, 1.165) is 4.90 Å². The van der Waals surface area contributed by atoms with E-state index in [4.69, 9.17) is 9.47 Å². The molecule has 0 bridgehead atoms. The number of benzene rings is 2. The quantitative estimate of drug-likeness (QED) is 0.549. The molecule has 2 aliphatic heterocycles. The Balaban J connectivity index is 1.50. The van der Waals surface area contributed by atoms with Crippen molar-refractivity contribution in [3.05, 3.63) is 71.3 Å². The molecule has 8 heteroatoms. The number of rotatable bonds is 5. The third-order valence-corrected chi connectivity index (χ3v) is 5.06. The summed E-state index contributed by atoms with van der Waals surface area (Å²) in [5.41, 5.74) is 1.02. The van der Waals surface area contributed by atoms with E-state index in [1.807, 2.05) is 0 Å². The molecule has 3 amide bonds. The second-order valence-corrected chi connectivity index (χ2v) is 6.96. The Hall–Kier alpha value is -3.52. The highest BCUT2D eigenvalue weighted by Crippen LogP contribution is 2.24. The summed E-state index contributed by atoms with van der Waals surface area (Å²) in [5.74, 6) is -2.30. The fraction of sp³-hybridized carbons (Fsp3) is 0.273. The number of fused-ring (bicyclic) bond motifs is 1. The normalized spacial score (nSPS) is 16.9. The minimum atomic E-state index is -1.16. The lowest BCUT2D eigenvalue weighted by Gasteiger charge is -2.30. The van der Waals surface area contributed by atoms with Crippen molar-refractivity contribution in [2.45, 2.75) is 6.10 Å². The van der Waals surface area contributed by atoms with Gasteiger partial charge < -0.3 is 14.4 Å². The number of imide groups is 1. The molecule has 1 saturated heterocycles. The van der Waals surface area contributed by atoms with Gasteiger partial charge in [-0.05, 0) is 12.1 Å². The van der Waals surface area contributed by atoms with Crippen LogP contribution in [0, 0.1) is 0 Å². The lowest BCUT2D eigenvalue weighted by molar-refractivity contribution is -0.162. The molecule has 0 saturated carbocycles. The average Bonchev–Trinajstić information content (AvgIpc) is 3.03. The molecule has 1 fully saturated rings. The third-order valence-electron chi connectivity index (χ3n) is 5.06. The number of carbonyl (C=O) groups excluding carboxylic acids is 4. The summed E-state index contributed by atoms with van der Waals surface area (Å²) in [4.78, 5) is 53.1. The van der Waals surface area contributed by atoms with E-state index in [-0.39, 0.29) is 17.0 Å². The molecule has 1 atom stereocenters. The van der Waals surface area contributed by atoms with Gasteiger partial charge in [-0.3, -0.25) is 24.1 Å². The number of ether oxygens (including phenoxy) is 2. The Labute approximate surface area is 173 Å². The highest BCUT2D eigenvalue weighted by Gasteiger charge is 2.38. The molecule has 0 spiro atoms. The summed E-state index contributed by atoms with van der Waals surface area (Å²) in [6, 6.07) is 15.0. The Morgan fingerprint density at radius 2 is 1.47 bits per heavy atom. The van der Waals surface area contributed by atoms with Crippen LogP contribution in [0.1, 0.15) is 32.4 Å². The maximum absolute atomic E-state index is 13.0. The van der Waals surface area contributed by atoms with Crippen LogP contribution in [0.3, 0.4) is 0 Å². The summed E-state index contributed by atoms with van der Waals surface area (Å²) < 4.78 is 10.8. The van der Waals surface area contributed by atoms with Gasteiger partial charge in [0.05, 0.1) is 24.3 Å². The van der Waals surface area contributed by atoms with Gasteiger partial charge in [-0.25, -0.2) is 0 Å². The van der Waals surface area contributed by atoms with Gasteiger partial charge in [0.2, 0.25) is 6.10 Å². The smallest absolute Gasteiger partial charge is 0.327 e. The Morgan fingerprint density at radius 3 is 2.07 bits per heavy atom. The molecular weight excluding hydrogens is 388 g/mol. The topological polar surface area (TPSA) is 93.2 Å². The number of morpholine rings is 1. The first-order chi connectivity index (χ1) is 14.6. The fourth-order valence-electron chi connectivity index (χ4n) is 3.52. The lowest BCUT2D eigenvalue weighted by Crippen LogP contribution is -2.44. The van der Waals surface area contributed by atoms with Gasteiger partial charge in [-0.2, -0.15) is 0 Å². The van der Waals surface area contributed by atoms with Crippen LogP contribution in [-0.2, 0) is 19.1 Å². The molecule has 2 aromatic rings. The molecule has 0 aliphatic carbocycles. The molecule has 2 aliphatic rings. The molecule has 0 aromatic heterocycles. The van der Waals surface area contributed by atoms with Crippen molar-refractivity contribution in [1.29, 1.82) is 0 Å². The van der Waals surface area contributed by atoms with Gasteiger partial charge in [-0.15, -0.1) is 0 Å². The fourth-order valence-corrected chi connectivity index (χ4v) is 3.52. The molecule has 0 unspecified atom stereocenters. The van der Waals surface area contributed by atoms with Gasteiger partial charge >= 0.3 is 5.97 Å². The van der Waals surface area contributed by atoms with E-state index < -0.39 is 30.4 Å². The Morgan fingerprint density at radius 1 is 0.900 bits per heavy atom. The third kappa shape index (κ3) is 3.81. The van der Waals surface area contributed by atoms with Crippen LogP contribution in [0.15, 0.2) is 54.6 Å². The van der Waals surface area contributed by atoms with E-state index in [1.54, 1.807) is 47.4 Å². The highest BCUT2D eigenvalue weighted by molar-refractivity contribution is 6.22. The second-order valence-electron chi connectivity index (χ2n) is 6.96. The van der Waals surface area contributed by atoms with Crippen molar-refractivity contribution >= 4 is 23.7 Å². The summed E-state index contributed by atoms with van der Waals surface area (Å²) in [6.45, 7) is 1.06.